The monoisotopic (exact) mass is 450 g/mol. The van der Waals surface area contributed by atoms with Gasteiger partial charge in [-0.2, -0.15) is 0 Å². The summed E-state index contributed by atoms with van der Waals surface area (Å²) < 4.78 is 28.2. The molecule has 0 heterocycles. The maximum Gasteiger partial charge on any atom is 0.264 e. The molecule has 0 fully saturated rings. The molecule has 3 aromatic carbocycles. The van der Waals surface area contributed by atoms with Crippen LogP contribution in [-0.4, -0.2) is 20.9 Å². The number of hydrogen-bond acceptors (Lipinski definition) is 3. The van der Waals surface area contributed by atoms with Crippen LogP contribution in [0.3, 0.4) is 0 Å². The molecule has 32 heavy (non-hydrogen) atoms. The summed E-state index contributed by atoms with van der Waals surface area (Å²) in [5, 5.41) is 2.95. The van der Waals surface area contributed by atoms with Gasteiger partial charge in [-0.15, -0.1) is 0 Å². The number of aryl methyl sites for hydroxylation is 3. The largest absolute Gasteiger partial charge is 0.348 e. The summed E-state index contributed by atoms with van der Waals surface area (Å²) in [6.07, 6.45) is 0.948. The van der Waals surface area contributed by atoms with Crippen LogP contribution < -0.4 is 9.62 Å². The Hall–Kier alpha value is -3.12. The minimum Gasteiger partial charge on any atom is -0.348 e. The number of sulfonamides is 1. The molecule has 0 aromatic heterocycles. The van der Waals surface area contributed by atoms with Crippen molar-refractivity contribution in [2.75, 3.05) is 10.8 Å². The Kier molecular flexibility index (Phi) is 7.36. The summed E-state index contributed by atoms with van der Waals surface area (Å²) in [6, 6.07) is 21.6. The van der Waals surface area contributed by atoms with E-state index in [0.717, 1.165) is 23.1 Å². The predicted octanol–water partition coefficient (Wildman–Crippen LogP) is 4.94. The molecule has 3 rings (SSSR count). The van der Waals surface area contributed by atoms with Gasteiger partial charge in [0.2, 0.25) is 5.91 Å². The Morgan fingerprint density at radius 3 is 2.25 bits per heavy atom. The van der Waals surface area contributed by atoms with Gasteiger partial charge in [0.25, 0.3) is 10.0 Å². The number of carbonyl (C=O) groups is 1. The standard InChI is InChI=1S/C26H30N2O3S/c1-5-22-13-15-23(16-14-22)21(4)27-26(29)18-28(25-17-19(2)11-12-20(25)3)32(30,31)24-9-7-6-8-10-24/h6-17,21H,5,18H2,1-4H3,(H,27,29). The highest BCUT2D eigenvalue weighted by Gasteiger charge is 2.28. The van der Waals surface area contributed by atoms with E-state index in [1.54, 1.807) is 36.4 Å². The van der Waals surface area contributed by atoms with Gasteiger partial charge in [-0.25, -0.2) is 8.42 Å². The number of amides is 1. The van der Waals surface area contributed by atoms with Gasteiger partial charge in [0.1, 0.15) is 6.54 Å². The van der Waals surface area contributed by atoms with E-state index in [4.69, 9.17) is 0 Å². The van der Waals surface area contributed by atoms with E-state index < -0.39 is 10.0 Å². The molecular weight excluding hydrogens is 420 g/mol. The average molecular weight is 451 g/mol. The van der Waals surface area contributed by atoms with Crippen molar-refractivity contribution >= 4 is 21.6 Å². The van der Waals surface area contributed by atoms with Crippen LogP contribution in [0, 0.1) is 13.8 Å². The van der Waals surface area contributed by atoms with Gasteiger partial charge < -0.3 is 5.32 Å². The number of rotatable bonds is 8. The number of nitrogens with one attached hydrogen (secondary N) is 1. The maximum absolute atomic E-state index is 13.5. The first-order chi connectivity index (χ1) is 15.2. The van der Waals surface area contributed by atoms with Gasteiger partial charge in [0, 0.05) is 0 Å². The third kappa shape index (κ3) is 5.37. The lowest BCUT2D eigenvalue weighted by Crippen LogP contribution is -2.42. The van der Waals surface area contributed by atoms with Gasteiger partial charge in [-0.3, -0.25) is 9.10 Å². The fraction of sp³-hybridized carbons (Fsp3) is 0.269. The number of benzene rings is 3. The predicted molar refractivity (Wildman–Crippen MR) is 129 cm³/mol. The van der Waals surface area contributed by atoms with E-state index in [9.17, 15) is 13.2 Å². The van der Waals surface area contributed by atoms with Crippen molar-refractivity contribution in [1.29, 1.82) is 0 Å². The van der Waals surface area contributed by atoms with Gasteiger partial charge >= 0.3 is 0 Å². The van der Waals surface area contributed by atoms with E-state index in [-0.39, 0.29) is 23.4 Å². The van der Waals surface area contributed by atoms with Crippen LogP contribution in [0.4, 0.5) is 5.69 Å². The molecular formula is C26H30N2O3S. The number of anilines is 1. The number of nitrogens with zero attached hydrogens (tertiary/aromatic N) is 1. The maximum atomic E-state index is 13.5. The van der Waals surface area contributed by atoms with Crippen LogP contribution >= 0.6 is 0 Å². The van der Waals surface area contributed by atoms with Crippen LogP contribution in [0.5, 0.6) is 0 Å². The van der Waals surface area contributed by atoms with Crippen molar-refractivity contribution in [2.45, 2.75) is 45.1 Å². The van der Waals surface area contributed by atoms with Crippen LogP contribution in [0.1, 0.15) is 42.1 Å². The van der Waals surface area contributed by atoms with E-state index >= 15 is 0 Å². The topological polar surface area (TPSA) is 66.5 Å². The highest BCUT2D eigenvalue weighted by Crippen LogP contribution is 2.28. The first-order valence-corrected chi connectivity index (χ1v) is 12.2. The first-order valence-electron chi connectivity index (χ1n) is 10.8. The summed E-state index contributed by atoms with van der Waals surface area (Å²) in [4.78, 5) is 13.1. The molecule has 168 valence electrons. The Morgan fingerprint density at radius 1 is 0.969 bits per heavy atom. The fourth-order valence-corrected chi connectivity index (χ4v) is 5.05. The summed E-state index contributed by atoms with van der Waals surface area (Å²) in [5.41, 5.74) is 4.40. The molecule has 0 saturated heterocycles. The lowest BCUT2D eigenvalue weighted by atomic mass is 10.1. The van der Waals surface area contributed by atoms with Crippen molar-refractivity contribution in [3.05, 3.63) is 95.1 Å². The van der Waals surface area contributed by atoms with Crippen molar-refractivity contribution in [3.63, 3.8) is 0 Å². The third-order valence-corrected chi connectivity index (χ3v) is 7.29. The molecule has 1 N–H and O–H groups in total. The lowest BCUT2D eigenvalue weighted by molar-refractivity contribution is -0.120. The zero-order valence-corrected chi connectivity index (χ0v) is 19.8. The first kappa shape index (κ1) is 23.5. The molecule has 6 heteroatoms. The summed E-state index contributed by atoms with van der Waals surface area (Å²) in [6.45, 7) is 7.43. The van der Waals surface area contributed by atoms with Crippen molar-refractivity contribution < 1.29 is 13.2 Å². The average Bonchev–Trinajstić information content (AvgIpc) is 2.79. The Morgan fingerprint density at radius 2 is 1.62 bits per heavy atom. The van der Waals surface area contributed by atoms with Crippen LogP contribution in [0.25, 0.3) is 0 Å². The summed E-state index contributed by atoms with van der Waals surface area (Å²) in [5.74, 6) is -0.363. The van der Waals surface area contributed by atoms with Gasteiger partial charge in [-0.05, 0) is 67.6 Å². The van der Waals surface area contributed by atoms with E-state index in [2.05, 4.69) is 12.2 Å². The van der Waals surface area contributed by atoms with E-state index in [1.165, 1.54) is 9.87 Å². The number of hydrogen-bond donors (Lipinski definition) is 1. The van der Waals surface area contributed by atoms with Gasteiger partial charge in [0.05, 0.1) is 16.6 Å². The van der Waals surface area contributed by atoms with Gasteiger partial charge in [-0.1, -0.05) is 61.5 Å². The molecule has 0 aliphatic rings. The highest BCUT2D eigenvalue weighted by atomic mass is 32.2. The molecule has 1 amide bonds. The quantitative estimate of drug-likeness (QED) is 0.529. The molecule has 1 atom stereocenters. The SMILES string of the molecule is CCc1ccc(C(C)NC(=O)CN(c2cc(C)ccc2C)S(=O)(=O)c2ccccc2)cc1. The van der Waals surface area contributed by atoms with Crippen molar-refractivity contribution in [3.8, 4) is 0 Å². The van der Waals surface area contributed by atoms with Crippen LogP contribution in [-0.2, 0) is 21.2 Å². The molecule has 3 aromatic rings. The smallest absolute Gasteiger partial charge is 0.264 e. The van der Waals surface area contributed by atoms with Crippen LogP contribution in [0.2, 0.25) is 0 Å². The Balaban J connectivity index is 1.90. The Labute approximate surface area is 191 Å². The normalized spacial score (nSPS) is 12.2. The minimum absolute atomic E-state index is 0.150. The molecule has 0 aliphatic carbocycles. The summed E-state index contributed by atoms with van der Waals surface area (Å²) >= 11 is 0. The Bertz CT molecular complexity index is 1170. The molecule has 0 saturated carbocycles. The second-order valence-corrected chi connectivity index (χ2v) is 9.86. The molecule has 0 radical (unpaired) electrons. The fourth-order valence-electron chi connectivity index (χ4n) is 3.55. The second-order valence-electron chi connectivity index (χ2n) is 8.00. The van der Waals surface area contributed by atoms with E-state index in [1.807, 2.05) is 57.2 Å². The molecule has 0 bridgehead atoms. The zero-order chi connectivity index (χ0) is 23.3. The number of carbonyl (C=O) groups excluding carboxylic acids is 1. The van der Waals surface area contributed by atoms with E-state index in [0.29, 0.717) is 5.69 Å². The molecule has 5 nitrogen and oxygen atoms in total. The van der Waals surface area contributed by atoms with Crippen LogP contribution in [0.15, 0.2) is 77.7 Å². The summed E-state index contributed by atoms with van der Waals surface area (Å²) in [7, 11) is -3.93. The lowest BCUT2D eigenvalue weighted by Gasteiger charge is -2.27. The zero-order valence-electron chi connectivity index (χ0n) is 19.0. The van der Waals surface area contributed by atoms with Crippen molar-refractivity contribution in [1.82, 2.24) is 5.32 Å². The van der Waals surface area contributed by atoms with Gasteiger partial charge in [0.15, 0.2) is 0 Å². The molecule has 0 aliphatic heterocycles. The molecule has 1 unspecified atom stereocenters. The molecule has 0 spiro atoms. The van der Waals surface area contributed by atoms with Crippen molar-refractivity contribution in [2.24, 2.45) is 0 Å². The minimum atomic E-state index is -3.93. The highest BCUT2D eigenvalue weighted by molar-refractivity contribution is 7.92. The third-order valence-electron chi connectivity index (χ3n) is 5.52. The second kappa shape index (κ2) is 10.0.